The molecule has 0 aliphatic heterocycles. The second-order valence-corrected chi connectivity index (χ2v) is 26.6. The molecule has 0 aliphatic rings. The molecule has 0 unspecified atom stereocenters. The molecule has 1 aromatic rings. The molecular formula is C70H116FN21O26. The largest absolute Gasteiger partial charge is 0.412 e. The van der Waals surface area contributed by atoms with Crippen LogP contribution in [0.3, 0.4) is 0 Å². The van der Waals surface area contributed by atoms with E-state index in [2.05, 4.69) is 20.7 Å². The summed E-state index contributed by atoms with van der Waals surface area (Å²) in [7, 11) is 18.6. The third-order valence-electron chi connectivity index (χ3n) is 16.7. The van der Waals surface area contributed by atoms with Crippen molar-refractivity contribution < 1.29 is 125 Å². The lowest BCUT2D eigenvalue weighted by molar-refractivity contribution is -0.384. The Balaban J connectivity index is 0.0000456. The van der Waals surface area contributed by atoms with E-state index >= 15 is 0 Å². The molecule has 48 heteroatoms. The van der Waals surface area contributed by atoms with Crippen LogP contribution in [0.2, 0.25) is 0 Å². The molecule has 0 heterocycles. The van der Waals surface area contributed by atoms with Crippen LogP contribution in [0.25, 0.3) is 10.4 Å². The minimum atomic E-state index is -1.00. The number of amides is 17. The molecule has 0 spiro atoms. The Kier molecular flexibility index (Phi) is 52.3. The summed E-state index contributed by atoms with van der Waals surface area (Å²) in [6, 6.07) is 5.07. The van der Waals surface area contributed by atoms with Crippen molar-refractivity contribution in [2.45, 2.75) is 6.42 Å². The number of carbonyl (C=O) groups excluding carboxylic acids is 17. The van der Waals surface area contributed by atoms with Crippen LogP contribution in [-0.2, 0) is 105 Å². The molecule has 0 aliphatic carbocycles. The van der Waals surface area contributed by atoms with Crippen LogP contribution in [0.15, 0.2) is 29.4 Å². The normalized spacial score (nSPS) is 10.6. The van der Waals surface area contributed by atoms with Crippen LogP contribution in [-0.4, -0.2) is 489 Å². The van der Waals surface area contributed by atoms with Crippen molar-refractivity contribution in [2.75, 3.05) is 310 Å². The van der Waals surface area contributed by atoms with Gasteiger partial charge < -0.3 is 117 Å². The standard InChI is InChI=1S/C69H113N21O26.CH3F/c1-75(35-53(91)71-21-16-22-73-74-70)54(92)36-76(2)55(93)37-77(3)56(94)38-78(4)57(95)39-79(5)58(96)40-80(6)59(97)41-81(7)60(98)42-82(8)61(99)43-83(9)62(100)44-84(10)63(101)45-85(11)64(102)46-86(12)65(103)47-87(13)66(104)48-88(14)67(105)49-89(15)68(106)50-115-34-33-114-32-31-113-30-29-112-28-27-111-26-25-110-24-23-72-69(107)116-52-19-17-51(18-20-52)90(108)109;1-2/h17-20H,16,21-50H2,1-15H3,(H,71,91)(H,72,107);1H3/i;1D. The highest BCUT2D eigenvalue weighted by Crippen LogP contribution is 2.17. The SMILES string of the molecule is CN(CC(=O)NCCCN=[N+]=[N-])C(=O)CN(C)C(=O)CN(C)C(=O)CN(C)C(=O)CN(C)C(=O)CN(C)C(=O)CN(C)C(=O)CN(C)C(=O)CN(C)C(=O)CN(C)C(=O)CN(C)C(=O)CN(C)C(=O)CN(C)C(=O)CN(C)C(=O)CN(C)C(=O)COCCOCCOCCOCCOCCOCCNC(=O)Oc1ccc([N+](=O)[O-])cc1.[2H]CF. The van der Waals surface area contributed by atoms with Gasteiger partial charge in [-0.3, -0.25) is 91.2 Å². The summed E-state index contributed by atoms with van der Waals surface area (Å²) in [6.45, 7) is -4.15. The fraction of sp³-hybridized carbons (Fsp3) is 0.671. The van der Waals surface area contributed by atoms with Gasteiger partial charge in [0.2, 0.25) is 94.5 Å². The topological polar surface area (TPSA) is 519 Å². The Morgan fingerprint density at radius 3 is 0.822 bits per heavy atom. The summed E-state index contributed by atoms with van der Waals surface area (Å²) in [6.07, 6.45) is -0.329. The number of hydrogen-bond acceptors (Lipinski definition) is 27. The minimum Gasteiger partial charge on any atom is -0.410 e. The third kappa shape index (κ3) is 45.6. The molecular weight excluding hydrogens is 1570 g/mol. The van der Waals surface area contributed by atoms with Crippen molar-refractivity contribution in [3.63, 3.8) is 0 Å². The number of nitrogens with zero attached hydrogens (tertiary/aromatic N) is 19. The van der Waals surface area contributed by atoms with Gasteiger partial charge in [0.05, 0.1) is 184 Å². The van der Waals surface area contributed by atoms with Crippen LogP contribution < -0.4 is 15.4 Å². The Hall–Kier alpha value is -11.6. The molecule has 118 heavy (non-hydrogen) atoms. The lowest BCUT2D eigenvalue weighted by atomic mass is 10.3. The number of nitro benzene ring substituents is 1. The number of rotatable bonds is 56. The van der Waals surface area contributed by atoms with Gasteiger partial charge in [-0.05, 0) is 24.1 Å². The Morgan fingerprint density at radius 2 is 0.585 bits per heavy atom. The Morgan fingerprint density at radius 1 is 0.364 bits per heavy atom. The van der Waals surface area contributed by atoms with Gasteiger partial charge in [-0.2, -0.15) is 0 Å². The first kappa shape index (κ1) is 104. The van der Waals surface area contributed by atoms with E-state index in [-0.39, 0.29) is 83.9 Å². The number of hydrogen-bond donors (Lipinski definition) is 2. The van der Waals surface area contributed by atoms with Gasteiger partial charge in [-0.25, -0.2) is 4.79 Å². The number of benzene rings is 1. The molecule has 664 valence electrons. The van der Waals surface area contributed by atoms with Gasteiger partial charge in [-0.1, -0.05) is 5.11 Å². The summed E-state index contributed by atoms with van der Waals surface area (Å²) >= 11 is 0. The second kappa shape index (κ2) is 59.1. The molecule has 1 aromatic carbocycles. The molecule has 0 radical (unpaired) electrons. The fourth-order valence-electron chi connectivity index (χ4n) is 8.92. The summed E-state index contributed by atoms with van der Waals surface area (Å²) in [5.74, 6) is -10.1. The van der Waals surface area contributed by atoms with Crippen molar-refractivity contribution >= 4 is 106 Å². The number of nitro groups is 1. The number of ether oxygens (including phenoxy) is 7. The van der Waals surface area contributed by atoms with E-state index in [1.54, 1.807) is 0 Å². The zero-order chi connectivity index (χ0) is 90.4. The monoisotopic (exact) mass is 1690 g/mol. The first-order valence-corrected chi connectivity index (χ1v) is 36.4. The van der Waals surface area contributed by atoms with Crippen molar-refractivity contribution in [3.8, 4) is 5.75 Å². The lowest BCUT2D eigenvalue weighted by Crippen LogP contribution is -2.50. The van der Waals surface area contributed by atoms with Gasteiger partial charge >= 0.3 is 6.09 Å². The van der Waals surface area contributed by atoms with E-state index in [4.69, 9.17) is 40.1 Å². The van der Waals surface area contributed by atoms with Crippen LogP contribution in [0.4, 0.5) is 14.9 Å². The highest BCUT2D eigenvalue weighted by molar-refractivity contribution is 5.96. The number of likely N-dealkylation sites (N-methyl/N-ethyl adjacent to an activating group) is 15. The lowest BCUT2D eigenvalue weighted by Gasteiger charge is -2.28. The third-order valence-corrected chi connectivity index (χ3v) is 16.7. The van der Waals surface area contributed by atoms with Crippen molar-refractivity contribution in [1.82, 2.24) is 84.1 Å². The smallest absolute Gasteiger partial charge is 0.410 e. The van der Waals surface area contributed by atoms with E-state index in [0.29, 0.717) is 39.5 Å². The Bertz CT molecular complexity index is 3550. The van der Waals surface area contributed by atoms with Crippen molar-refractivity contribution in [2.24, 2.45) is 5.11 Å². The van der Waals surface area contributed by atoms with E-state index in [1.165, 1.54) is 130 Å². The average Bonchev–Trinajstić information content (AvgIpc) is 0.871. The van der Waals surface area contributed by atoms with Crippen LogP contribution in [0.5, 0.6) is 5.75 Å². The van der Waals surface area contributed by atoms with Crippen LogP contribution in [0, 0.1) is 10.1 Å². The fourth-order valence-corrected chi connectivity index (χ4v) is 8.92. The number of azide groups is 1. The first-order valence-electron chi connectivity index (χ1n) is 37.1. The highest BCUT2D eigenvalue weighted by atomic mass is 19.1. The van der Waals surface area contributed by atoms with E-state index in [1.807, 2.05) is 0 Å². The second-order valence-electron chi connectivity index (χ2n) is 26.6. The van der Waals surface area contributed by atoms with E-state index in [0.717, 1.165) is 73.5 Å². The van der Waals surface area contributed by atoms with Crippen LogP contribution >= 0.6 is 0 Å². The number of nitrogens with one attached hydrogen (secondary N) is 2. The van der Waals surface area contributed by atoms with Gasteiger partial charge in [0.1, 0.15) is 12.4 Å². The summed E-state index contributed by atoms with van der Waals surface area (Å²) in [5, 5.41) is 19.2. The molecule has 17 amide bonds. The molecule has 47 nitrogen and oxygen atoms in total. The van der Waals surface area contributed by atoms with Gasteiger partial charge in [-0.15, -0.1) is 0 Å². The summed E-state index contributed by atoms with van der Waals surface area (Å²) < 4.78 is 53.1. The molecule has 0 saturated heterocycles. The number of alkyl halides is 1. The minimum absolute atomic E-state index is 0.0727. The van der Waals surface area contributed by atoms with Crippen molar-refractivity contribution in [1.29, 1.82) is 0 Å². The Labute approximate surface area is 685 Å². The molecule has 0 fully saturated rings. The molecule has 0 aromatic heterocycles. The summed E-state index contributed by atoms with van der Waals surface area (Å²) in [4.78, 5) is 248. The van der Waals surface area contributed by atoms with E-state index in [9.17, 15) is 96.0 Å². The zero-order valence-corrected chi connectivity index (χ0v) is 69.9. The van der Waals surface area contributed by atoms with Crippen molar-refractivity contribution in [3.05, 3.63) is 44.8 Å². The zero-order valence-electron chi connectivity index (χ0n) is 70.9. The quantitative estimate of drug-likeness (QED) is 0.0153. The number of halogens is 1. The molecule has 2 N–H and O–H groups in total. The predicted molar refractivity (Wildman–Crippen MR) is 415 cm³/mol. The van der Waals surface area contributed by atoms with Gasteiger partial charge in [0.15, 0.2) is 0 Å². The first-order chi connectivity index (χ1) is 56.0. The van der Waals surface area contributed by atoms with E-state index < -0.39 is 204 Å². The highest BCUT2D eigenvalue weighted by Gasteiger charge is 2.29. The molecule has 0 saturated carbocycles. The van der Waals surface area contributed by atoms with Gasteiger partial charge in [0.25, 0.3) is 5.69 Å². The molecule has 1 rings (SSSR count). The number of carbonyl (C=O) groups is 17. The molecule has 0 atom stereocenters. The maximum absolute atomic E-state index is 13.2. The maximum atomic E-state index is 13.2. The predicted octanol–water partition coefficient (Wildman–Crippen LogP) is -5.94. The summed E-state index contributed by atoms with van der Waals surface area (Å²) in [5.41, 5.74) is 8.21. The molecule has 0 bridgehead atoms. The van der Waals surface area contributed by atoms with Crippen LogP contribution in [0.1, 0.15) is 7.79 Å². The maximum Gasteiger partial charge on any atom is 0.412 e. The number of non-ortho nitro benzene ring substituents is 1. The average molecular weight is 1690 g/mol. The van der Waals surface area contributed by atoms with Gasteiger partial charge in [0, 0.05) is 142 Å².